The Morgan fingerprint density at radius 1 is 1.00 bits per heavy atom. The summed E-state index contributed by atoms with van der Waals surface area (Å²) < 4.78 is 0. The summed E-state index contributed by atoms with van der Waals surface area (Å²) in [5.41, 5.74) is 2.26. The van der Waals surface area contributed by atoms with Gasteiger partial charge in [0.05, 0.1) is 11.4 Å². The fraction of sp³-hybridized carbons (Fsp3) is 0.0588. The average molecular weight is 290 g/mol. The maximum absolute atomic E-state index is 11.0. The molecule has 0 saturated heterocycles. The minimum absolute atomic E-state index is 0.143. The summed E-state index contributed by atoms with van der Waals surface area (Å²) >= 11 is 0. The number of carbonyl (C=O) groups is 1. The van der Waals surface area contributed by atoms with Crippen LogP contribution in [0.15, 0.2) is 48.7 Å². The van der Waals surface area contributed by atoms with E-state index in [0.717, 1.165) is 16.8 Å². The summed E-state index contributed by atoms with van der Waals surface area (Å²) in [6.45, 7) is 1.45. The molecule has 0 spiro atoms. The number of carbonyl (C=O) groups excluding carboxylic acids is 1. The van der Waals surface area contributed by atoms with Gasteiger partial charge in [0, 0.05) is 18.5 Å². The highest BCUT2D eigenvalue weighted by Gasteiger charge is 1.98. The fourth-order valence-corrected chi connectivity index (χ4v) is 2.03. The van der Waals surface area contributed by atoms with Gasteiger partial charge in [0.15, 0.2) is 5.65 Å². The summed E-state index contributed by atoms with van der Waals surface area (Å²) in [5, 5.41) is 3.66. The molecule has 0 aromatic carbocycles. The van der Waals surface area contributed by atoms with Crippen LogP contribution in [0.1, 0.15) is 18.3 Å². The van der Waals surface area contributed by atoms with Crippen molar-refractivity contribution in [1.82, 2.24) is 15.0 Å². The van der Waals surface area contributed by atoms with Crippen molar-refractivity contribution in [3.05, 3.63) is 60.0 Å². The van der Waals surface area contributed by atoms with Gasteiger partial charge in [-0.15, -0.1) is 0 Å². The van der Waals surface area contributed by atoms with Crippen LogP contribution >= 0.6 is 0 Å². The van der Waals surface area contributed by atoms with Gasteiger partial charge in [0.2, 0.25) is 5.91 Å². The van der Waals surface area contributed by atoms with Crippen LogP contribution in [-0.4, -0.2) is 20.9 Å². The number of anilines is 1. The molecule has 0 radical (unpaired) electrons. The molecule has 0 aliphatic rings. The Kier molecular flexibility index (Phi) is 3.87. The van der Waals surface area contributed by atoms with E-state index in [1.165, 1.54) is 6.92 Å². The van der Waals surface area contributed by atoms with Gasteiger partial charge < -0.3 is 5.32 Å². The van der Waals surface area contributed by atoms with Crippen LogP contribution in [0.4, 0.5) is 5.82 Å². The van der Waals surface area contributed by atoms with Crippen molar-refractivity contribution in [1.29, 1.82) is 0 Å². The third-order valence-electron chi connectivity index (χ3n) is 2.99. The lowest BCUT2D eigenvalue weighted by atomic mass is 10.2. The Morgan fingerprint density at radius 3 is 2.64 bits per heavy atom. The van der Waals surface area contributed by atoms with Gasteiger partial charge in [0.25, 0.3) is 0 Å². The minimum atomic E-state index is -0.143. The second kappa shape index (κ2) is 6.13. The molecule has 3 heterocycles. The lowest BCUT2D eigenvalue weighted by molar-refractivity contribution is -0.114. The summed E-state index contributed by atoms with van der Waals surface area (Å²) in [6.07, 6.45) is 5.44. The Balaban J connectivity index is 1.84. The Hall–Kier alpha value is -3.08. The molecule has 108 valence electrons. The third-order valence-corrected chi connectivity index (χ3v) is 2.99. The van der Waals surface area contributed by atoms with Crippen molar-refractivity contribution in [2.75, 3.05) is 5.32 Å². The molecule has 0 saturated carbocycles. The van der Waals surface area contributed by atoms with Gasteiger partial charge in [-0.3, -0.25) is 4.79 Å². The third kappa shape index (κ3) is 3.32. The first-order valence-electron chi connectivity index (χ1n) is 6.85. The highest BCUT2D eigenvalue weighted by Crippen LogP contribution is 2.12. The molecule has 5 nitrogen and oxygen atoms in total. The van der Waals surface area contributed by atoms with Crippen LogP contribution in [0.25, 0.3) is 23.2 Å². The van der Waals surface area contributed by atoms with Gasteiger partial charge >= 0.3 is 0 Å². The van der Waals surface area contributed by atoms with Gasteiger partial charge in [0.1, 0.15) is 5.82 Å². The normalized spacial score (nSPS) is 11.0. The monoisotopic (exact) mass is 290 g/mol. The molecular weight excluding hydrogens is 276 g/mol. The highest BCUT2D eigenvalue weighted by atomic mass is 16.1. The molecule has 1 amide bonds. The Morgan fingerprint density at radius 2 is 1.82 bits per heavy atom. The number of amides is 1. The number of nitrogens with one attached hydrogen (secondary N) is 1. The number of hydrogen-bond acceptors (Lipinski definition) is 4. The zero-order valence-electron chi connectivity index (χ0n) is 12.0. The van der Waals surface area contributed by atoms with Crippen LogP contribution in [0.5, 0.6) is 0 Å². The second-order valence-electron chi connectivity index (χ2n) is 4.75. The van der Waals surface area contributed by atoms with Crippen LogP contribution in [0.3, 0.4) is 0 Å². The number of fused-ring (bicyclic) bond motifs is 1. The maximum atomic E-state index is 11.0. The smallest absolute Gasteiger partial charge is 0.222 e. The first-order chi connectivity index (χ1) is 10.7. The molecule has 0 unspecified atom stereocenters. The lowest BCUT2D eigenvalue weighted by Gasteiger charge is -2.01. The quantitative estimate of drug-likeness (QED) is 0.804. The summed E-state index contributed by atoms with van der Waals surface area (Å²) in [7, 11) is 0. The van der Waals surface area contributed by atoms with Crippen molar-refractivity contribution < 1.29 is 4.79 Å². The van der Waals surface area contributed by atoms with E-state index in [0.29, 0.717) is 11.5 Å². The SMILES string of the molecule is CC(=O)Nc1cccc(/C=C/c2ccc3cccnc3n2)n1. The summed E-state index contributed by atoms with van der Waals surface area (Å²) in [4.78, 5) is 24.1. The number of rotatable bonds is 3. The zero-order chi connectivity index (χ0) is 15.4. The Bertz CT molecular complexity index is 858. The topological polar surface area (TPSA) is 67.8 Å². The van der Waals surface area contributed by atoms with Crippen molar-refractivity contribution >= 4 is 34.9 Å². The molecular formula is C17H14N4O. The van der Waals surface area contributed by atoms with Crippen LogP contribution in [-0.2, 0) is 4.79 Å². The summed E-state index contributed by atoms with van der Waals surface area (Å²) in [5.74, 6) is 0.388. The van der Waals surface area contributed by atoms with Crippen molar-refractivity contribution in [2.45, 2.75) is 6.92 Å². The molecule has 3 aromatic heterocycles. The van der Waals surface area contributed by atoms with Crippen molar-refractivity contribution in [3.63, 3.8) is 0 Å². The molecule has 0 atom stereocenters. The molecule has 0 aliphatic heterocycles. The lowest BCUT2D eigenvalue weighted by Crippen LogP contribution is -2.07. The fourth-order valence-electron chi connectivity index (χ4n) is 2.03. The van der Waals surface area contributed by atoms with E-state index in [9.17, 15) is 4.79 Å². The second-order valence-corrected chi connectivity index (χ2v) is 4.75. The molecule has 0 aliphatic carbocycles. The van der Waals surface area contributed by atoms with E-state index in [4.69, 9.17) is 0 Å². The zero-order valence-corrected chi connectivity index (χ0v) is 12.0. The van der Waals surface area contributed by atoms with Gasteiger partial charge in [-0.2, -0.15) is 0 Å². The molecule has 5 heteroatoms. The Labute approximate surface area is 127 Å². The molecule has 3 rings (SSSR count). The van der Waals surface area contributed by atoms with Crippen molar-refractivity contribution in [3.8, 4) is 0 Å². The van der Waals surface area contributed by atoms with Gasteiger partial charge in [-0.25, -0.2) is 15.0 Å². The average Bonchev–Trinajstić information content (AvgIpc) is 2.52. The standard InChI is InChI=1S/C17H14N4O/c1-12(22)19-16-6-2-5-14(20-16)9-10-15-8-7-13-4-3-11-18-17(13)21-15/h2-11H,1H3,(H,19,20,22)/b10-9+. The number of hydrogen-bond donors (Lipinski definition) is 1. The predicted octanol–water partition coefficient (Wildman–Crippen LogP) is 3.15. The molecule has 0 fully saturated rings. The first-order valence-corrected chi connectivity index (χ1v) is 6.85. The van der Waals surface area contributed by atoms with Crippen LogP contribution in [0, 0.1) is 0 Å². The first kappa shape index (κ1) is 13.9. The van der Waals surface area contributed by atoms with Gasteiger partial charge in [-0.1, -0.05) is 6.07 Å². The number of nitrogens with zero attached hydrogens (tertiary/aromatic N) is 3. The molecule has 0 bridgehead atoms. The van der Waals surface area contributed by atoms with Crippen LogP contribution in [0.2, 0.25) is 0 Å². The molecule has 1 N–H and O–H groups in total. The van der Waals surface area contributed by atoms with Crippen LogP contribution < -0.4 is 5.32 Å². The van der Waals surface area contributed by atoms with E-state index in [2.05, 4.69) is 20.3 Å². The van der Waals surface area contributed by atoms with E-state index in [1.807, 2.05) is 48.6 Å². The van der Waals surface area contributed by atoms with E-state index >= 15 is 0 Å². The van der Waals surface area contributed by atoms with E-state index in [-0.39, 0.29) is 5.91 Å². The summed E-state index contributed by atoms with van der Waals surface area (Å²) in [6, 6.07) is 13.2. The predicted molar refractivity (Wildman–Crippen MR) is 87.0 cm³/mol. The molecule has 3 aromatic rings. The van der Waals surface area contributed by atoms with E-state index in [1.54, 1.807) is 12.3 Å². The maximum Gasteiger partial charge on any atom is 0.222 e. The van der Waals surface area contributed by atoms with Crippen molar-refractivity contribution in [2.24, 2.45) is 0 Å². The minimum Gasteiger partial charge on any atom is -0.311 e. The largest absolute Gasteiger partial charge is 0.311 e. The van der Waals surface area contributed by atoms with Gasteiger partial charge in [-0.05, 0) is 48.6 Å². The van der Waals surface area contributed by atoms with E-state index < -0.39 is 0 Å². The number of aromatic nitrogens is 3. The highest BCUT2D eigenvalue weighted by molar-refractivity contribution is 5.87. The number of pyridine rings is 3. The molecule has 22 heavy (non-hydrogen) atoms.